The summed E-state index contributed by atoms with van der Waals surface area (Å²) in [4.78, 5) is 13.5. The molecule has 0 spiro atoms. The first-order valence-electron chi connectivity index (χ1n) is 12.2. The average Bonchev–Trinajstić information content (AvgIpc) is 3.28. The van der Waals surface area contributed by atoms with Gasteiger partial charge in [0, 0.05) is 5.56 Å². The van der Waals surface area contributed by atoms with Crippen LogP contribution >= 0.6 is 0 Å². The van der Waals surface area contributed by atoms with Crippen LogP contribution in [-0.4, -0.2) is 11.6 Å². The highest BCUT2D eigenvalue weighted by Gasteiger charge is 2.31. The van der Waals surface area contributed by atoms with Crippen molar-refractivity contribution in [2.24, 2.45) is 5.10 Å². The standard InChI is InChI=1S/C33H24N2O2/c36-33-31(32(26-13-3-1-4-14-26)34-35(33)28-17-5-2-6-18-28)22-24-11-9-19-29(21-24)37-23-27-16-10-15-25-12-7-8-20-30(25)27/h1-22H,23H2/b31-22+. The molecular formula is C33H24N2O2. The van der Waals surface area contributed by atoms with Crippen molar-refractivity contribution in [3.63, 3.8) is 0 Å². The maximum atomic E-state index is 13.5. The van der Waals surface area contributed by atoms with Crippen molar-refractivity contribution in [3.8, 4) is 5.75 Å². The number of para-hydroxylation sites is 1. The number of benzene rings is 5. The number of nitrogens with zero attached hydrogens (tertiary/aromatic N) is 2. The lowest BCUT2D eigenvalue weighted by atomic mass is 10.00. The first-order valence-corrected chi connectivity index (χ1v) is 12.2. The van der Waals surface area contributed by atoms with Gasteiger partial charge in [0.15, 0.2) is 0 Å². The average molecular weight is 481 g/mol. The van der Waals surface area contributed by atoms with Crippen LogP contribution in [0.15, 0.2) is 138 Å². The summed E-state index contributed by atoms with van der Waals surface area (Å²) in [6, 6.07) is 41.7. The number of hydrogen-bond acceptors (Lipinski definition) is 3. The lowest BCUT2D eigenvalue weighted by Gasteiger charge is -2.11. The summed E-state index contributed by atoms with van der Waals surface area (Å²) in [6.45, 7) is 0.457. The number of rotatable bonds is 6. The molecule has 5 aromatic rings. The smallest absolute Gasteiger partial charge is 0.281 e. The van der Waals surface area contributed by atoms with E-state index in [1.807, 2.05) is 103 Å². The van der Waals surface area contributed by atoms with Crippen LogP contribution < -0.4 is 9.75 Å². The molecule has 5 aromatic carbocycles. The Morgan fingerprint density at radius 1 is 0.730 bits per heavy atom. The molecule has 0 fully saturated rings. The maximum Gasteiger partial charge on any atom is 0.281 e. The fourth-order valence-electron chi connectivity index (χ4n) is 4.54. The molecular weight excluding hydrogens is 456 g/mol. The Morgan fingerprint density at radius 2 is 1.43 bits per heavy atom. The predicted molar refractivity (Wildman–Crippen MR) is 150 cm³/mol. The van der Waals surface area contributed by atoms with E-state index in [1.165, 1.54) is 15.8 Å². The SMILES string of the molecule is O=C1/C(=C/c2cccc(OCc3cccc4ccccc34)c2)C(c2ccccc2)=NN1c1ccccc1. The van der Waals surface area contributed by atoms with Crippen molar-refractivity contribution in [2.75, 3.05) is 5.01 Å². The Kier molecular flexibility index (Phi) is 6.05. The van der Waals surface area contributed by atoms with Crippen molar-refractivity contribution in [2.45, 2.75) is 6.61 Å². The summed E-state index contributed by atoms with van der Waals surface area (Å²) >= 11 is 0. The third kappa shape index (κ3) is 4.65. The lowest BCUT2D eigenvalue weighted by Crippen LogP contribution is -2.21. The molecule has 0 saturated heterocycles. The number of amides is 1. The molecule has 4 heteroatoms. The summed E-state index contributed by atoms with van der Waals surface area (Å²) < 4.78 is 6.18. The zero-order chi connectivity index (χ0) is 25.0. The maximum absolute atomic E-state index is 13.5. The Labute approximate surface area is 215 Å². The second-order valence-corrected chi connectivity index (χ2v) is 8.82. The van der Waals surface area contributed by atoms with Gasteiger partial charge >= 0.3 is 0 Å². The first kappa shape index (κ1) is 22.5. The van der Waals surface area contributed by atoms with Crippen molar-refractivity contribution in [3.05, 3.63) is 150 Å². The van der Waals surface area contributed by atoms with E-state index in [4.69, 9.17) is 9.84 Å². The van der Waals surface area contributed by atoms with Gasteiger partial charge in [0.05, 0.1) is 11.3 Å². The van der Waals surface area contributed by atoms with Gasteiger partial charge in [-0.15, -0.1) is 0 Å². The second kappa shape index (κ2) is 9.96. The van der Waals surface area contributed by atoms with Crippen molar-refractivity contribution in [1.29, 1.82) is 0 Å². The molecule has 1 aliphatic rings. The molecule has 0 aliphatic carbocycles. The number of carbonyl (C=O) groups is 1. The van der Waals surface area contributed by atoms with Gasteiger partial charge in [-0.05, 0) is 52.2 Å². The molecule has 0 saturated carbocycles. The van der Waals surface area contributed by atoms with E-state index >= 15 is 0 Å². The molecule has 0 aromatic heterocycles. The predicted octanol–water partition coefficient (Wildman–Crippen LogP) is 7.25. The van der Waals surface area contributed by atoms with Crippen LogP contribution in [0.1, 0.15) is 16.7 Å². The van der Waals surface area contributed by atoms with Crippen LogP contribution in [0.3, 0.4) is 0 Å². The summed E-state index contributed by atoms with van der Waals surface area (Å²) in [6.07, 6.45) is 1.89. The summed E-state index contributed by atoms with van der Waals surface area (Å²) in [5, 5.41) is 8.56. The second-order valence-electron chi connectivity index (χ2n) is 8.82. The zero-order valence-corrected chi connectivity index (χ0v) is 20.1. The number of hydrogen-bond donors (Lipinski definition) is 0. The molecule has 0 unspecified atom stereocenters. The zero-order valence-electron chi connectivity index (χ0n) is 20.1. The summed E-state index contributed by atoms with van der Waals surface area (Å²) in [5.74, 6) is 0.581. The highest BCUT2D eigenvalue weighted by molar-refractivity contribution is 6.37. The van der Waals surface area contributed by atoms with Crippen molar-refractivity contribution in [1.82, 2.24) is 0 Å². The van der Waals surface area contributed by atoms with Gasteiger partial charge < -0.3 is 4.74 Å². The molecule has 0 bridgehead atoms. The van der Waals surface area contributed by atoms with Gasteiger partial charge in [0.1, 0.15) is 18.1 Å². The molecule has 4 nitrogen and oxygen atoms in total. The normalized spacial score (nSPS) is 14.3. The van der Waals surface area contributed by atoms with Crippen LogP contribution in [-0.2, 0) is 11.4 Å². The van der Waals surface area contributed by atoms with Crippen molar-refractivity contribution < 1.29 is 9.53 Å². The van der Waals surface area contributed by atoms with Crippen LogP contribution in [0, 0.1) is 0 Å². The van der Waals surface area contributed by atoms with Crippen LogP contribution in [0.2, 0.25) is 0 Å². The van der Waals surface area contributed by atoms with E-state index in [9.17, 15) is 4.79 Å². The van der Waals surface area contributed by atoms with E-state index < -0.39 is 0 Å². The molecule has 37 heavy (non-hydrogen) atoms. The van der Waals surface area contributed by atoms with Crippen molar-refractivity contribution >= 4 is 34.2 Å². The van der Waals surface area contributed by atoms with Gasteiger partial charge in [0.2, 0.25) is 0 Å². The van der Waals surface area contributed by atoms with E-state index in [0.717, 1.165) is 28.1 Å². The molecule has 0 radical (unpaired) electrons. The minimum absolute atomic E-state index is 0.160. The van der Waals surface area contributed by atoms with Crippen LogP contribution in [0.25, 0.3) is 16.8 Å². The minimum atomic E-state index is -0.160. The van der Waals surface area contributed by atoms with Gasteiger partial charge in [-0.25, -0.2) is 0 Å². The minimum Gasteiger partial charge on any atom is -0.489 e. The summed E-state index contributed by atoms with van der Waals surface area (Å²) in [5.41, 5.74) is 4.82. The lowest BCUT2D eigenvalue weighted by molar-refractivity contribution is -0.114. The molecule has 0 N–H and O–H groups in total. The molecule has 1 amide bonds. The molecule has 0 atom stereocenters. The Hall–Kier alpha value is -4.96. The van der Waals surface area contributed by atoms with Gasteiger partial charge in [-0.3, -0.25) is 4.79 Å². The fourth-order valence-corrected chi connectivity index (χ4v) is 4.54. The van der Waals surface area contributed by atoms with Crippen LogP contribution in [0.4, 0.5) is 5.69 Å². The van der Waals surface area contributed by atoms with Gasteiger partial charge in [-0.1, -0.05) is 103 Å². The highest BCUT2D eigenvalue weighted by atomic mass is 16.5. The Bertz CT molecular complexity index is 1630. The van der Waals surface area contributed by atoms with E-state index in [-0.39, 0.29) is 5.91 Å². The number of anilines is 1. The fraction of sp³-hybridized carbons (Fsp3) is 0.0303. The van der Waals surface area contributed by atoms with E-state index in [0.29, 0.717) is 17.9 Å². The third-order valence-corrected chi connectivity index (χ3v) is 6.37. The molecule has 6 rings (SSSR count). The molecule has 178 valence electrons. The van der Waals surface area contributed by atoms with Gasteiger partial charge in [0.25, 0.3) is 5.91 Å². The number of carbonyl (C=O) groups excluding carboxylic acids is 1. The molecule has 1 heterocycles. The van der Waals surface area contributed by atoms with E-state index in [1.54, 1.807) is 0 Å². The Morgan fingerprint density at radius 3 is 2.27 bits per heavy atom. The van der Waals surface area contributed by atoms with Crippen LogP contribution in [0.5, 0.6) is 5.75 Å². The van der Waals surface area contributed by atoms with E-state index in [2.05, 4.69) is 30.3 Å². The topological polar surface area (TPSA) is 41.9 Å². The monoisotopic (exact) mass is 480 g/mol. The first-order chi connectivity index (χ1) is 18.3. The number of hydrazone groups is 1. The third-order valence-electron chi connectivity index (χ3n) is 6.37. The largest absolute Gasteiger partial charge is 0.489 e. The number of ether oxygens (including phenoxy) is 1. The number of fused-ring (bicyclic) bond motifs is 1. The molecule has 1 aliphatic heterocycles. The summed E-state index contributed by atoms with van der Waals surface area (Å²) in [7, 11) is 0. The highest BCUT2D eigenvalue weighted by Crippen LogP contribution is 2.29. The quantitative estimate of drug-likeness (QED) is 0.240. The Balaban J connectivity index is 1.31. The van der Waals surface area contributed by atoms with Gasteiger partial charge in [-0.2, -0.15) is 10.1 Å².